The zero-order valence-electron chi connectivity index (χ0n) is 21.8. The molecular formula is C31H31N3O4. The number of amides is 1. The molecule has 194 valence electrons. The van der Waals surface area contributed by atoms with E-state index >= 15 is 0 Å². The van der Waals surface area contributed by atoms with Crippen molar-refractivity contribution in [2.45, 2.75) is 45.9 Å². The lowest BCUT2D eigenvalue weighted by atomic mass is 9.95. The van der Waals surface area contributed by atoms with Crippen molar-refractivity contribution in [2.75, 3.05) is 11.9 Å². The fourth-order valence-electron chi connectivity index (χ4n) is 4.63. The number of ether oxygens (including phenoxy) is 2. The summed E-state index contributed by atoms with van der Waals surface area (Å²) in [5.74, 6) is 0.455. The number of nitrogens with one attached hydrogen (secondary N) is 1. The van der Waals surface area contributed by atoms with Crippen molar-refractivity contribution in [2.24, 2.45) is 0 Å². The van der Waals surface area contributed by atoms with Gasteiger partial charge in [-0.3, -0.25) is 14.7 Å². The molecule has 0 bridgehead atoms. The van der Waals surface area contributed by atoms with E-state index in [2.05, 4.69) is 24.1 Å². The molecule has 38 heavy (non-hydrogen) atoms. The number of carbonyl (C=O) groups is 2. The molecule has 1 amide bonds. The van der Waals surface area contributed by atoms with Gasteiger partial charge in [0, 0.05) is 47.9 Å². The van der Waals surface area contributed by atoms with Crippen LogP contribution in [0.3, 0.4) is 0 Å². The summed E-state index contributed by atoms with van der Waals surface area (Å²) in [7, 11) is 0. The number of fused-ring (bicyclic) bond motifs is 2. The van der Waals surface area contributed by atoms with Gasteiger partial charge in [-0.15, -0.1) is 0 Å². The first-order valence-electron chi connectivity index (χ1n) is 12.9. The van der Waals surface area contributed by atoms with Crippen LogP contribution < -0.4 is 10.1 Å². The first kappa shape index (κ1) is 25.4. The largest absolute Gasteiger partial charge is 0.457 e. The average Bonchev–Trinajstić information content (AvgIpc) is 2.92. The second-order valence-corrected chi connectivity index (χ2v) is 9.72. The first-order chi connectivity index (χ1) is 18.4. The summed E-state index contributed by atoms with van der Waals surface area (Å²) in [5.41, 5.74) is 3.64. The number of hydrogen-bond donors (Lipinski definition) is 1. The van der Waals surface area contributed by atoms with Crippen molar-refractivity contribution in [3.05, 3.63) is 95.7 Å². The number of anilines is 1. The molecule has 1 aliphatic rings. The van der Waals surface area contributed by atoms with E-state index in [1.807, 2.05) is 54.6 Å². The fraction of sp³-hybridized carbons (Fsp3) is 0.258. The molecule has 1 aromatic heterocycles. The van der Waals surface area contributed by atoms with Gasteiger partial charge in [-0.1, -0.05) is 36.4 Å². The number of benzene rings is 3. The van der Waals surface area contributed by atoms with Crippen LogP contribution in [0.5, 0.6) is 11.5 Å². The summed E-state index contributed by atoms with van der Waals surface area (Å²) in [4.78, 5) is 33.6. The van der Waals surface area contributed by atoms with Crippen molar-refractivity contribution < 1.29 is 19.1 Å². The van der Waals surface area contributed by atoms with Gasteiger partial charge in [0.05, 0.1) is 11.1 Å². The van der Waals surface area contributed by atoms with Crippen LogP contribution in [0.15, 0.2) is 78.9 Å². The maximum Gasteiger partial charge on any atom is 0.339 e. The molecule has 1 unspecified atom stereocenters. The van der Waals surface area contributed by atoms with Gasteiger partial charge in [0.25, 0.3) is 5.91 Å². The van der Waals surface area contributed by atoms with Crippen LogP contribution in [-0.4, -0.2) is 40.5 Å². The van der Waals surface area contributed by atoms with Crippen LogP contribution in [0.4, 0.5) is 5.69 Å². The number of hydrogen-bond acceptors (Lipinski definition) is 6. The predicted molar refractivity (Wildman–Crippen MR) is 147 cm³/mol. The molecule has 1 N–H and O–H groups in total. The summed E-state index contributed by atoms with van der Waals surface area (Å²) in [5, 5.41) is 3.56. The molecule has 5 rings (SSSR count). The van der Waals surface area contributed by atoms with Crippen molar-refractivity contribution in [3.8, 4) is 11.5 Å². The van der Waals surface area contributed by atoms with E-state index in [1.54, 1.807) is 31.2 Å². The number of nitrogens with zero attached hydrogens (tertiary/aromatic N) is 2. The molecule has 0 spiro atoms. The van der Waals surface area contributed by atoms with Crippen LogP contribution in [0, 0.1) is 0 Å². The van der Waals surface area contributed by atoms with Gasteiger partial charge >= 0.3 is 5.97 Å². The number of carbonyl (C=O) groups excluding carboxylic acids is 2. The van der Waals surface area contributed by atoms with E-state index in [0.717, 1.165) is 40.9 Å². The normalized spacial score (nSPS) is 14.1. The molecule has 0 radical (unpaired) electrons. The van der Waals surface area contributed by atoms with E-state index in [1.165, 1.54) is 0 Å². The number of aromatic nitrogens is 1. The lowest BCUT2D eigenvalue weighted by Crippen LogP contribution is -2.37. The minimum atomic E-state index is -0.991. The van der Waals surface area contributed by atoms with Crippen LogP contribution in [0.2, 0.25) is 0 Å². The monoisotopic (exact) mass is 509 g/mol. The maximum absolute atomic E-state index is 13.5. The van der Waals surface area contributed by atoms with Gasteiger partial charge in [-0.2, -0.15) is 0 Å². The Balaban J connectivity index is 1.30. The Labute approximate surface area is 222 Å². The van der Waals surface area contributed by atoms with Crippen molar-refractivity contribution in [3.63, 3.8) is 0 Å². The lowest BCUT2D eigenvalue weighted by Gasteiger charge is -2.32. The van der Waals surface area contributed by atoms with Gasteiger partial charge in [0.1, 0.15) is 11.5 Å². The molecule has 0 fully saturated rings. The van der Waals surface area contributed by atoms with Gasteiger partial charge in [0.15, 0.2) is 6.10 Å². The molecule has 0 aliphatic carbocycles. The zero-order chi connectivity index (χ0) is 26.6. The Bertz CT molecular complexity index is 1450. The molecule has 7 heteroatoms. The van der Waals surface area contributed by atoms with Gasteiger partial charge < -0.3 is 14.8 Å². The summed E-state index contributed by atoms with van der Waals surface area (Å²) in [6.07, 6.45) is -0.228. The van der Waals surface area contributed by atoms with E-state index in [4.69, 9.17) is 14.5 Å². The molecule has 4 aromatic rings. The Morgan fingerprint density at radius 3 is 2.32 bits per heavy atom. The summed E-state index contributed by atoms with van der Waals surface area (Å²) >= 11 is 0. The molecular weight excluding hydrogens is 478 g/mol. The van der Waals surface area contributed by atoms with Crippen LogP contribution in [0.1, 0.15) is 42.4 Å². The predicted octanol–water partition coefficient (Wildman–Crippen LogP) is 5.98. The number of esters is 1. The van der Waals surface area contributed by atoms with Crippen LogP contribution in [-0.2, 0) is 22.5 Å². The molecule has 7 nitrogen and oxygen atoms in total. The summed E-state index contributed by atoms with van der Waals surface area (Å²) < 4.78 is 11.5. The third-order valence-corrected chi connectivity index (χ3v) is 6.76. The van der Waals surface area contributed by atoms with Crippen molar-refractivity contribution >= 4 is 28.5 Å². The quantitative estimate of drug-likeness (QED) is 0.309. The minimum absolute atomic E-state index is 0.340. The first-order valence-corrected chi connectivity index (χ1v) is 12.9. The Hall–Kier alpha value is -4.23. The fourth-order valence-corrected chi connectivity index (χ4v) is 4.63. The SMILES string of the molecule is CC(OC(=O)c1c2c(nc3ccccc13)CCN(C(C)C)C2)C(=O)Nc1ccc(Oc2ccccc2)cc1. The number of pyridine rings is 1. The smallest absolute Gasteiger partial charge is 0.339 e. The molecule has 2 heterocycles. The average molecular weight is 510 g/mol. The Kier molecular flexibility index (Phi) is 7.38. The number of rotatable bonds is 7. The Morgan fingerprint density at radius 1 is 0.895 bits per heavy atom. The van der Waals surface area contributed by atoms with Crippen molar-refractivity contribution in [1.29, 1.82) is 0 Å². The van der Waals surface area contributed by atoms with E-state index < -0.39 is 18.0 Å². The lowest BCUT2D eigenvalue weighted by molar-refractivity contribution is -0.123. The van der Waals surface area contributed by atoms with Crippen molar-refractivity contribution in [1.82, 2.24) is 9.88 Å². The van der Waals surface area contributed by atoms with E-state index in [9.17, 15) is 9.59 Å². The van der Waals surface area contributed by atoms with Crippen LogP contribution in [0.25, 0.3) is 10.9 Å². The Morgan fingerprint density at radius 2 is 1.58 bits per heavy atom. The maximum atomic E-state index is 13.5. The van der Waals surface area contributed by atoms with E-state index in [0.29, 0.717) is 29.6 Å². The third kappa shape index (κ3) is 5.53. The minimum Gasteiger partial charge on any atom is -0.457 e. The molecule has 1 atom stereocenters. The summed E-state index contributed by atoms with van der Waals surface area (Å²) in [6.45, 7) is 7.37. The highest BCUT2D eigenvalue weighted by Gasteiger charge is 2.29. The highest BCUT2D eigenvalue weighted by Crippen LogP contribution is 2.30. The van der Waals surface area contributed by atoms with Crippen LogP contribution >= 0.6 is 0 Å². The third-order valence-electron chi connectivity index (χ3n) is 6.76. The van der Waals surface area contributed by atoms with Gasteiger partial charge in [0.2, 0.25) is 0 Å². The molecule has 0 saturated heterocycles. The number of para-hydroxylation sites is 2. The summed E-state index contributed by atoms with van der Waals surface area (Å²) in [6, 6.07) is 24.4. The molecule has 3 aromatic carbocycles. The topological polar surface area (TPSA) is 80.8 Å². The zero-order valence-corrected chi connectivity index (χ0v) is 21.8. The highest BCUT2D eigenvalue weighted by atomic mass is 16.5. The molecule has 1 aliphatic heterocycles. The van der Waals surface area contributed by atoms with E-state index in [-0.39, 0.29) is 0 Å². The standard InChI is InChI=1S/C31H31N3O4/c1-20(2)34-18-17-28-26(19-34)29(25-11-7-8-12-27(25)33-28)31(36)37-21(3)30(35)32-22-13-15-24(16-14-22)38-23-9-5-4-6-10-23/h4-16,20-21H,17-19H2,1-3H3,(H,32,35). The van der Waals surface area contributed by atoms with Gasteiger partial charge in [-0.25, -0.2) is 4.79 Å². The van der Waals surface area contributed by atoms with Gasteiger partial charge in [-0.05, 0) is 63.2 Å². The second kappa shape index (κ2) is 11.0. The highest BCUT2D eigenvalue weighted by molar-refractivity contribution is 6.06. The second-order valence-electron chi connectivity index (χ2n) is 9.72. The molecule has 0 saturated carbocycles.